The molecule has 202 valence electrons. The minimum atomic E-state index is -4.67. The second kappa shape index (κ2) is 8.00. The molecular weight excluding hydrogens is 514 g/mol. The fraction of sp³-hybridized carbons (Fsp3) is 0.538. The van der Waals surface area contributed by atoms with E-state index in [2.05, 4.69) is 15.0 Å². The second-order valence-corrected chi connectivity index (χ2v) is 11.0. The van der Waals surface area contributed by atoms with Gasteiger partial charge in [-0.2, -0.15) is 26.3 Å². The van der Waals surface area contributed by atoms with Crippen molar-refractivity contribution >= 4 is 11.0 Å². The molecule has 0 unspecified atom stereocenters. The molecule has 0 spiro atoms. The van der Waals surface area contributed by atoms with Crippen molar-refractivity contribution in [3.05, 3.63) is 63.1 Å². The molecule has 4 aliphatic rings. The molecule has 38 heavy (non-hydrogen) atoms. The number of alkyl halides is 6. The molecule has 3 saturated carbocycles. The number of halogens is 6. The molecule has 1 aliphatic heterocycles. The molecule has 3 aromatic heterocycles. The molecule has 2 bridgehead atoms. The van der Waals surface area contributed by atoms with Gasteiger partial charge in [0.05, 0.1) is 28.5 Å². The van der Waals surface area contributed by atoms with Gasteiger partial charge in [0.1, 0.15) is 5.82 Å². The lowest BCUT2D eigenvalue weighted by atomic mass is 9.33. The van der Waals surface area contributed by atoms with Gasteiger partial charge in [-0.25, -0.2) is 15.0 Å². The van der Waals surface area contributed by atoms with E-state index in [0.717, 1.165) is 11.6 Å². The minimum absolute atomic E-state index is 0.0591. The molecule has 7 rings (SSSR count). The first-order valence-corrected chi connectivity index (χ1v) is 12.3. The van der Waals surface area contributed by atoms with Crippen LogP contribution in [0.4, 0.5) is 26.3 Å². The predicted molar refractivity (Wildman–Crippen MR) is 123 cm³/mol. The average molecular weight is 538 g/mol. The fourth-order valence-corrected chi connectivity index (χ4v) is 6.44. The van der Waals surface area contributed by atoms with Gasteiger partial charge in [-0.05, 0) is 56.7 Å². The molecular formula is C26H24F6N4O2. The lowest BCUT2D eigenvalue weighted by Gasteiger charge is -2.70. The number of hydrogen-bond donors (Lipinski definition) is 0. The summed E-state index contributed by atoms with van der Waals surface area (Å²) in [6.07, 6.45) is -7.32. The van der Waals surface area contributed by atoms with E-state index >= 15 is 0 Å². The molecule has 6 nitrogen and oxygen atoms in total. The zero-order valence-corrected chi connectivity index (χ0v) is 20.6. The highest BCUT2D eigenvalue weighted by atomic mass is 19.4. The summed E-state index contributed by atoms with van der Waals surface area (Å²) in [7, 11) is 1.63. The molecule has 0 amide bonds. The van der Waals surface area contributed by atoms with Gasteiger partial charge in [-0.3, -0.25) is 4.79 Å². The van der Waals surface area contributed by atoms with Crippen LogP contribution in [0, 0.1) is 12.3 Å². The molecule has 1 saturated heterocycles. The largest absolute Gasteiger partial charge is 0.418 e. The van der Waals surface area contributed by atoms with Gasteiger partial charge in [0.25, 0.3) is 0 Å². The fourth-order valence-electron chi connectivity index (χ4n) is 6.44. The number of ether oxygens (including phenoxy) is 1. The standard InChI is InChI=1S/C26H24F6N4O2/c1-13-17(25(27,28)29)8-16-20(23-10-24(11-23,12-23)26(30,31)32)34-21(35-22(16)33-13)14-5-6-38-18(7-14)15-3-4-19(37)36(2)9-15/h3-4,8-9,14,18H,5-7,10-12H2,1-2H3/t14-,18+,23?,24?/m0/s1. The number of hydrogen-bond acceptors (Lipinski definition) is 5. The van der Waals surface area contributed by atoms with E-state index in [0.29, 0.717) is 25.3 Å². The van der Waals surface area contributed by atoms with Crippen molar-refractivity contribution in [2.75, 3.05) is 6.61 Å². The van der Waals surface area contributed by atoms with Crippen LogP contribution in [0.5, 0.6) is 0 Å². The summed E-state index contributed by atoms with van der Waals surface area (Å²) in [5, 5.41) is 0.0591. The lowest BCUT2D eigenvalue weighted by molar-refractivity contribution is -0.337. The topological polar surface area (TPSA) is 69.9 Å². The van der Waals surface area contributed by atoms with Crippen LogP contribution in [0.3, 0.4) is 0 Å². The van der Waals surface area contributed by atoms with Crippen LogP contribution < -0.4 is 5.56 Å². The van der Waals surface area contributed by atoms with Gasteiger partial charge in [0.2, 0.25) is 5.56 Å². The Hall–Kier alpha value is -3.02. The van der Waals surface area contributed by atoms with Crippen molar-refractivity contribution in [1.82, 2.24) is 19.5 Å². The van der Waals surface area contributed by atoms with Crippen LogP contribution in [0.2, 0.25) is 0 Å². The maximum atomic E-state index is 13.7. The first-order valence-electron chi connectivity index (χ1n) is 12.3. The van der Waals surface area contributed by atoms with Gasteiger partial charge in [0.15, 0.2) is 5.65 Å². The van der Waals surface area contributed by atoms with Gasteiger partial charge >= 0.3 is 12.4 Å². The van der Waals surface area contributed by atoms with Crippen molar-refractivity contribution in [1.29, 1.82) is 0 Å². The number of nitrogens with zero attached hydrogens (tertiary/aromatic N) is 4. The van der Waals surface area contributed by atoms with Crippen molar-refractivity contribution in [3.63, 3.8) is 0 Å². The van der Waals surface area contributed by atoms with E-state index in [4.69, 9.17) is 4.74 Å². The maximum Gasteiger partial charge on any atom is 0.418 e. The molecule has 3 aromatic rings. The lowest BCUT2D eigenvalue weighted by Crippen LogP contribution is -2.70. The third-order valence-corrected chi connectivity index (χ3v) is 8.46. The molecule has 4 heterocycles. The smallest absolute Gasteiger partial charge is 0.373 e. The van der Waals surface area contributed by atoms with E-state index in [1.54, 1.807) is 19.3 Å². The van der Waals surface area contributed by atoms with E-state index in [9.17, 15) is 31.1 Å². The van der Waals surface area contributed by atoms with E-state index in [-0.39, 0.29) is 59.3 Å². The number of fused-ring (bicyclic) bond motifs is 1. The van der Waals surface area contributed by atoms with Crippen LogP contribution in [0.15, 0.2) is 29.2 Å². The monoisotopic (exact) mass is 538 g/mol. The summed E-state index contributed by atoms with van der Waals surface area (Å²) >= 11 is 0. The highest BCUT2D eigenvalue weighted by Gasteiger charge is 2.79. The Kier molecular flexibility index (Phi) is 5.32. The molecule has 12 heteroatoms. The normalized spacial score (nSPS) is 29.2. The summed E-state index contributed by atoms with van der Waals surface area (Å²) in [4.78, 5) is 25.2. The van der Waals surface area contributed by atoms with Crippen molar-refractivity contribution in [3.8, 4) is 0 Å². The first kappa shape index (κ1) is 25.3. The second-order valence-electron chi connectivity index (χ2n) is 11.0. The first-order chi connectivity index (χ1) is 17.7. The summed E-state index contributed by atoms with van der Waals surface area (Å²) < 4.78 is 89.2. The summed E-state index contributed by atoms with van der Waals surface area (Å²) in [5.74, 6) is 0.102. The Morgan fingerprint density at radius 3 is 2.39 bits per heavy atom. The molecule has 0 N–H and O–H groups in total. The maximum absolute atomic E-state index is 13.7. The van der Waals surface area contributed by atoms with Gasteiger partial charge in [-0.1, -0.05) is 0 Å². The molecule has 3 aliphatic carbocycles. The van der Waals surface area contributed by atoms with Crippen LogP contribution in [0.25, 0.3) is 11.0 Å². The number of pyridine rings is 2. The Morgan fingerprint density at radius 1 is 1.05 bits per heavy atom. The Morgan fingerprint density at radius 2 is 1.76 bits per heavy atom. The van der Waals surface area contributed by atoms with Gasteiger partial charge in [0, 0.05) is 42.6 Å². The summed E-state index contributed by atoms with van der Waals surface area (Å²) in [5.41, 5.74) is -3.01. The average Bonchev–Trinajstić information content (AvgIpc) is 2.77. The van der Waals surface area contributed by atoms with Crippen LogP contribution in [-0.4, -0.2) is 32.3 Å². The van der Waals surface area contributed by atoms with Crippen LogP contribution in [0.1, 0.15) is 72.5 Å². The third kappa shape index (κ3) is 3.74. The Bertz CT molecular complexity index is 1490. The van der Waals surface area contributed by atoms with Crippen molar-refractivity contribution < 1.29 is 31.1 Å². The van der Waals surface area contributed by atoms with Crippen molar-refractivity contribution in [2.45, 2.75) is 68.8 Å². The Balaban J connectivity index is 1.42. The highest BCUT2D eigenvalue weighted by Crippen LogP contribution is 2.78. The molecule has 0 radical (unpaired) electrons. The molecule has 4 fully saturated rings. The van der Waals surface area contributed by atoms with Crippen molar-refractivity contribution in [2.24, 2.45) is 12.5 Å². The number of aryl methyl sites for hydroxylation is 2. The Labute approximate surface area is 213 Å². The molecule has 0 aromatic carbocycles. The number of rotatable bonds is 3. The predicted octanol–water partition coefficient (Wildman–Crippen LogP) is 5.67. The molecule has 2 atom stereocenters. The van der Waals surface area contributed by atoms with Crippen LogP contribution >= 0.6 is 0 Å². The third-order valence-electron chi connectivity index (χ3n) is 8.46. The van der Waals surface area contributed by atoms with Crippen LogP contribution in [-0.2, 0) is 23.4 Å². The zero-order chi connectivity index (χ0) is 27.3. The quantitative estimate of drug-likeness (QED) is 0.402. The summed E-state index contributed by atoms with van der Waals surface area (Å²) in [6, 6.07) is 4.07. The minimum Gasteiger partial charge on any atom is -0.373 e. The van der Waals surface area contributed by atoms with E-state index in [1.165, 1.54) is 17.6 Å². The SMILES string of the molecule is Cc1nc2nc([C@H]3CCO[C@@H](c4ccc(=O)n(C)c4)C3)nc(C34CC(C(F)(F)F)(C3)C4)c2cc1C(F)(F)F. The van der Waals surface area contributed by atoms with E-state index < -0.39 is 28.7 Å². The summed E-state index contributed by atoms with van der Waals surface area (Å²) in [6.45, 7) is 1.60. The van der Waals surface area contributed by atoms with Gasteiger partial charge in [-0.15, -0.1) is 0 Å². The number of aromatic nitrogens is 4. The zero-order valence-electron chi connectivity index (χ0n) is 20.6. The van der Waals surface area contributed by atoms with Gasteiger partial charge < -0.3 is 9.30 Å². The highest BCUT2D eigenvalue weighted by molar-refractivity contribution is 5.81. The van der Waals surface area contributed by atoms with E-state index in [1.807, 2.05) is 0 Å².